The summed E-state index contributed by atoms with van der Waals surface area (Å²) in [6.07, 6.45) is 4.49. The largest absolute Gasteiger partial charge is 0.504 e. The number of fused-ring (bicyclic) bond motifs is 1. The van der Waals surface area contributed by atoms with Crippen LogP contribution >= 0.6 is 11.6 Å². The van der Waals surface area contributed by atoms with Crippen LogP contribution in [0, 0.1) is 5.82 Å². The lowest BCUT2D eigenvalue weighted by atomic mass is 9.99. The van der Waals surface area contributed by atoms with Gasteiger partial charge in [0.05, 0.1) is 33.7 Å². The number of nitrogens with zero attached hydrogens (tertiary/aromatic N) is 4. The van der Waals surface area contributed by atoms with Gasteiger partial charge in [-0.1, -0.05) is 24.6 Å². The predicted molar refractivity (Wildman–Crippen MR) is 164 cm³/mol. The molecule has 2 aromatic heterocycles. The monoisotopic (exact) mass is 575 g/mol. The van der Waals surface area contributed by atoms with Crippen LogP contribution in [0.25, 0.3) is 22.0 Å². The highest BCUT2D eigenvalue weighted by Gasteiger charge is 2.26. The molecular formula is C32H35ClFN5O2. The molecule has 1 aliphatic heterocycles. The molecule has 0 radical (unpaired) electrons. The maximum absolute atomic E-state index is 14.3. The Balaban J connectivity index is 1.48. The molecule has 0 aliphatic carbocycles. The highest BCUT2D eigenvalue weighted by molar-refractivity contribution is 6.32. The molecule has 1 aliphatic rings. The molecule has 4 aromatic rings. The molecular weight excluding hydrogens is 541 g/mol. The zero-order valence-electron chi connectivity index (χ0n) is 23.8. The van der Waals surface area contributed by atoms with Gasteiger partial charge in [0.25, 0.3) is 0 Å². The Morgan fingerprint density at radius 2 is 1.78 bits per heavy atom. The second-order valence-corrected chi connectivity index (χ2v) is 11.8. The first-order valence-electron chi connectivity index (χ1n) is 13.9. The fourth-order valence-corrected chi connectivity index (χ4v) is 5.42. The molecule has 3 heterocycles. The zero-order chi connectivity index (χ0) is 29.3. The van der Waals surface area contributed by atoms with Crippen molar-refractivity contribution in [2.24, 2.45) is 0 Å². The van der Waals surface area contributed by atoms with E-state index in [0.717, 1.165) is 37.7 Å². The molecule has 41 heavy (non-hydrogen) atoms. The smallest absolute Gasteiger partial charge is 0.170 e. The standard InChI is InChI=1S/C32H35ClFN5O2/c1-5-6-28(40)24-19-35-27-9-7-20(21-16-25(33)31(41)26(34)17-21)15-23(27)30(24)37-22-8-10-29(36-18-22)38-11-13-39(14-12-38)32(2,3)4/h7-10,15-19,41H,5-6,11-14H2,1-4H3,(H,35,37). The lowest BCUT2D eigenvalue weighted by molar-refractivity contribution is 0.0982. The average molecular weight is 576 g/mol. The Morgan fingerprint density at radius 1 is 1.02 bits per heavy atom. The summed E-state index contributed by atoms with van der Waals surface area (Å²) in [6, 6.07) is 12.2. The third-order valence-corrected chi connectivity index (χ3v) is 7.85. The quantitative estimate of drug-likeness (QED) is 0.222. The summed E-state index contributed by atoms with van der Waals surface area (Å²) in [5.74, 6) is -0.490. The molecule has 0 unspecified atom stereocenters. The van der Waals surface area contributed by atoms with Gasteiger partial charge in [-0.05, 0) is 74.7 Å². The second-order valence-electron chi connectivity index (χ2n) is 11.4. The molecule has 0 atom stereocenters. The normalized spacial score (nSPS) is 14.4. The molecule has 2 N–H and O–H groups in total. The lowest BCUT2D eigenvalue weighted by Crippen LogP contribution is -2.53. The summed E-state index contributed by atoms with van der Waals surface area (Å²) in [5.41, 5.74) is 3.84. The van der Waals surface area contributed by atoms with E-state index in [1.807, 2.05) is 37.3 Å². The number of ketones is 1. The summed E-state index contributed by atoms with van der Waals surface area (Å²) in [6.45, 7) is 12.5. The van der Waals surface area contributed by atoms with Gasteiger partial charge in [0.15, 0.2) is 17.3 Å². The molecule has 9 heteroatoms. The number of benzene rings is 2. The minimum atomic E-state index is -0.804. The topological polar surface area (TPSA) is 81.6 Å². The van der Waals surface area contributed by atoms with Gasteiger partial charge in [-0.3, -0.25) is 14.7 Å². The average Bonchev–Trinajstić information content (AvgIpc) is 2.95. The minimum Gasteiger partial charge on any atom is -0.504 e. The fourth-order valence-electron chi connectivity index (χ4n) is 5.21. The summed E-state index contributed by atoms with van der Waals surface area (Å²) in [5, 5.41) is 13.8. The molecule has 2 aromatic carbocycles. The van der Waals surface area contributed by atoms with Crippen molar-refractivity contribution >= 4 is 45.5 Å². The van der Waals surface area contributed by atoms with E-state index in [9.17, 15) is 14.3 Å². The van der Waals surface area contributed by atoms with Gasteiger partial charge < -0.3 is 15.3 Å². The van der Waals surface area contributed by atoms with Crippen molar-refractivity contribution in [3.8, 4) is 16.9 Å². The number of aromatic hydroxyl groups is 1. The number of Topliss-reactive ketones (excluding diaryl/α,β-unsaturated/α-hetero) is 1. The maximum Gasteiger partial charge on any atom is 0.170 e. The highest BCUT2D eigenvalue weighted by atomic mass is 35.5. The summed E-state index contributed by atoms with van der Waals surface area (Å²) < 4.78 is 14.3. The van der Waals surface area contributed by atoms with Gasteiger partial charge in [0, 0.05) is 49.7 Å². The number of hydrogen-bond donors (Lipinski definition) is 2. The molecule has 1 fully saturated rings. The Kier molecular flexibility index (Phi) is 8.16. The van der Waals surface area contributed by atoms with Crippen LogP contribution in [0.5, 0.6) is 5.75 Å². The van der Waals surface area contributed by atoms with Crippen LogP contribution in [0.1, 0.15) is 50.9 Å². The zero-order valence-corrected chi connectivity index (χ0v) is 24.6. The number of phenols is 1. The molecule has 7 nitrogen and oxygen atoms in total. The van der Waals surface area contributed by atoms with Crippen molar-refractivity contribution in [1.82, 2.24) is 14.9 Å². The van der Waals surface area contributed by atoms with Crippen molar-refractivity contribution in [1.29, 1.82) is 0 Å². The number of aromatic nitrogens is 2. The van der Waals surface area contributed by atoms with E-state index in [1.54, 1.807) is 12.4 Å². The molecule has 1 saturated heterocycles. The van der Waals surface area contributed by atoms with Crippen LogP contribution in [-0.4, -0.2) is 57.5 Å². The Hall–Kier alpha value is -3.75. The predicted octanol–water partition coefficient (Wildman–Crippen LogP) is 7.44. The second kappa shape index (κ2) is 11.6. The minimum absolute atomic E-state index is 0.0187. The van der Waals surface area contributed by atoms with Crippen LogP contribution in [0.2, 0.25) is 5.02 Å². The molecule has 0 bridgehead atoms. The van der Waals surface area contributed by atoms with Gasteiger partial charge in [-0.2, -0.15) is 0 Å². The van der Waals surface area contributed by atoms with Gasteiger partial charge in [-0.15, -0.1) is 0 Å². The SMILES string of the molecule is CCCC(=O)c1cnc2ccc(-c3cc(F)c(O)c(Cl)c3)cc2c1Nc1ccc(N2CCN(C(C)(C)C)CC2)nc1. The van der Waals surface area contributed by atoms with Gasteiger partial charge in [0.1, 0.15) is 5.82 Å². The number of piperazine rings is 1. The van der Waals surface area contributed by atoms with Crippen LogP contribution < -0.4 is 10.2 Å². The molecule has 0 spiro atoms. The Morgan fingerprint density at radius 3 is 2.41 bits per heavy atom. The number of hydrogen-bond acceptors (Lipinski definition) is 7. The van der Waals surface area contributed by atoms with E-state index in [0.29, 0.717) is 46.1 Å². The van der Waals surface area contributed by atoms with E-state index in [4.69, 9.17) is 16.6 Å². The highest BCUT2D eigenvalue weighted by Crippen LogP contribution is 2.36. The first-order chi connectivity index (χ1) is 19.5. The van der Waals surface area contributed by atoms with E-state index < -0.39 is 11.6 Å². The van der Waals surface area contributed by atoms with Gasteiger partial charge in [-0.25, -0.2) is 9.37 Å². The van der Waals surface area contributed by atoms with E-state index in [2.05, 4.69) is 40.9 Å². The summed E-state index contributed by atoms with van der Waals surface area (Å²) >= 11 is 6.05. The van der Waals surface area contributed by atoms with Crippen LogP contribution in [0.3, 0.4) is 0 Å². The van der Waals surface area contributed by atoms with E-state index in [-0.39, 0.29) is 16.3 Å². The fraction of sp³-hybridized carbons (Fsp3) is 0.344. The summed E-state index contributed by atoms with van der Waals surface area (Å²) in [7, 11) is 0. The summed E-state index contributed by atoms with van der Waals surface area (Å²) in [4.78, 5) is 27.2. The maximum atomic E-state index is 14.3. The Bertz CT molecular complexity index is 1560. The van der Waals surface area contributed by atoms with E-state index >= 15 is 0 Å². The lowest BCUT2D eigenvalue weighted by Gasteiger charge is -2.42. The van der Waals surface area contributed by atoms with Crippen molar-refractivity contribution in [2.45, 2.75) is 46.1 Å². The van der Waals surface area contributed by atoms with Crippen molar-refractivity contribution in [2.75, 3.05) is 36.4 Å². The third kappa shape index (κ3) is 6.14. The molecule has 0 saturated carbocycles. The van der Waals surface area contributed by atoms with Crippen molar-refractivity contribution in [3.63, 3.8) is 0 Å². The number of pyridine rings is 2. The number of carbonyl (C=O) groups is 1. The van der Waals surface area contributed by atoms with Crippen LogP contribution in [-0.2, 0) is 0 Å². The number of anilines is 3. The van der Waals surface area contributed by atoms with Crippen molar-refractivity contribution in [3.05, 3.63) is 71.3 Å². The first kappa shape index (κ1) is 28.8. The number of phenolic OH excluding ortho intramolecular Hbond substituents is 1. The molecule has 5 rings (SSSR count). The van der Waals surface area contributed by atoms with Crippen LogP contribution in [0.15, 0.2) is 54.9 Å². The Labute approximate surface area is 245 Å². The van der Waals surface area contributed by atoms with E-state index in [1.165, 1.54) is 12.1 Å². The number of nitrogens with one attached hydrogen (secondary N) is 1. The van der Waals surface area contributed by atoms with Crippen LogP contribution in [0.4, 0.5) is 21.6 Å². The van der Waals surface area contributed by atoms with Crippen molar-refractivity contribution < 1.29 is 14.3 Å². The number of rotatable bonds is 7. The molecule has 0 amide bonds. The van der Waals surface area contributed by atoms with Gasteiger partial charge in [0.2, 0.25) is 0 Å². The third-order valence-electron chi connectivity index (χ3n) is 7.57. The van der Waals surface area contributed by atoms with Gasteiger partial charge >= 0.3 is 0 Å². The molecule has 214 valence electrons. The number of carbonyl (C=O) groups excluding carboxylic acids is 1. The number of halogens is 2. The first-order valence-corrected chi connectivity index (χ1v) is 14.3.